The highest BCUT2D eigenvalue weighted by Crippen LogP contribution is 2.26. The highest BCUT2D eigenvalue weighted by atomic mass is 16.3. The van der Waals surface area contributed by atoms with Crippen LogP contribution in [0.4, 0.5) is 5.69 Å². The van der Waals surface area contributed by atoms with E-state index in [4.69, 9.17) is 5.73 Å². The monoisotopic (exact) mass is 282 g/mol. The summed E-state index contributed by atoms with van der Waals surface area (Å²) in [5, 5.41) is 9.97. The molecule has 1 amide bonds. The molecule has 1 aliphatic rings. The maximum Gasteiger partial charge on any atom is 0.257 e. The van der Waals surface area contributed by atoms with Gasteiger partial charge < -0.3 is 15.7 Å². The number of anilines is 1. The molecule has 0 saturated heterocycles. The lowest BCUT2D eigenvalue weighted by molar-refractivity contribution is 0.0760. The van der Waals surface area contributed by atoms with Gasteiger partial charge in [0.2, 0.25) is 0 Å². The number of hydrogen-bond donors (Lipinski definition) is 2. The largest absolute Gasteiger partial charge is 0.505 e. The zero-order chi connectivity index (χ0) is 14.8. The van der Waals surface area contributed by atoms with E-state index in [-0.39, 0.29) is 22.9 Å². The lowest BCUT2D eigenvalue weighted by atomic mass is 10.0. The third kappa shape index (κ3) is 2.57. The van der Waals surface area contributed by atoms with Gasteiger partial charge in [-0.25, -0.2) is 0 Å². The first-order valence-electron chi connectivity index (χ1n) is 7.10. The molecule has 0 unspecified atom stereocenters. The molecule has 0 saturated carbocycles. The van der Waals surface area contributed by atoms with Gasteiger partial charge in [-0.15, -0.1) is 0 Å². The summed E-state index contributed by atoms with van der Waals surface area (Å²) >= 11 is 0. The molecule has 0 radical (unpaired) electrons. The molecule has 1 heterocycles. The molecule has 4 heteroatoms. The fraction of sp³-hybridized carbons (Fsp3) is 0.235. The van der Waals surface area contributed by atoms with Crippen molar-refractivity contribution in [3.05, 3.63) is 59.2 Å². The molecular formula is C17H18N2O2. The Hall–Kier alpha value is -2.49. The predicted molar refractivity (Wildman–Crippen MR) is 82.3 cm³/mol. The molecule has 4 nitrogen and oxygen atoms in total. The van der Waals surface area contributed by atoms with Crippen molar-refractivity contribution in [1.82, 2.24) is 4.90 Å². The highest BCUT2D eigenvalue weighted by Gasteiger charge is 2.22. The van der Waals surface area contributed by atoms with E-state index < -0.39 is 0 Å². The normalized spacial score (nSPS) is 14.4. The summed E-state index contributed by atoms with van der Waals surface area (Å²) in [6, 6.07) is 13.2. The van der Waals surface area contributed by atoms with Crippen LogP contribution in [0.5, 0.6) is 5.75 Å². The van der Waals surface area contributed by atoms with Crippen LogP contribution in [0.3, 0.4) is 0 Å². The third-order valence-electron chi connectivity index (χ3n) is 4.01. The zero-order valence-electron chi connectivity index (χ0n) is 11.7. The second kappa shape index (κ2) is 5.48. The van der Waals surface area contributed by atoms with Crippen molar-refractivity contribution in [2.24, 2.45) is 0 Å². The van der Waals surface area contributed by atoms with Crippen LogP contribution in [0.25, 0.3) is 0 Å². The van der Waals surface area contributed by atoms with Gasteiger partial charge in [0, 0.05) is 13.1 Å². The van der Waals surface area contributed by atoms with E-state index in [0.29, 0.717) is 13.1 Å². The Morgan fingerprint density at radius 1 is 1.00 bits per heavy atom. The van der Waals surface area contributed by atoms with Gasteiger partial charge in [-0.05, 0) is 36.1 Å². The Morgan fingerprint density at radius 2 is 1.62 bits per heavy atom. The van der Waals surface area contributed by atoms with Crippen LogP contribution in [0.2, 0.25) is 0 Å². The molecule has 2 aromatic carbocycles. The Morgan fingerprint density at radius 3 is 2.24 bits per heavy atom. The fourth-order valence-electron chi connectivity index (χ4n) is 2.78. The lowest BCUT2D eigenvalue weighted by Gasteiger charge is -2.21. The van der Waals surface area contributed by atoms with Crippen LogP contribution >= 0.6 is 0 Å². The van der Waals surface area contributed by atoms with E-state index in [1.54, 1.807) is 23.1 Å². The van der Waals surface area contributed by atoms with Crippen molar-refractivity contribution in [2.45, 2.75) is 12.8 Å². The minimum atomic E-state index is -0.160. The molecule has 0 atom stereocenters. The van der Waals surface area contributed by atoms with Gasteiger partial charge in [-0.2, -0.15) is 0 Å². The summed E-state index contributed by atoms with van der Waals surface area (Å²) in [7, 11) is 0. The molecule has 0 aliphatic carbocycles. The Balaban J connectivity index is 1.83. The number of carbonyl (C=O) groups is 1. The molecule has 2 aromatic rings. The predicted octanol–water partition coefficient (Wildman–Crippen LogP) is 2.22. The van der Waals surface area contributed by atoms with Gasteiger partial charge in [0.15, 0.2) is 5.75 Å². The van der Waals surface area contributed by atoms with E-state index in [0.717, 1.165) is 12.8 Å². The number of nitrogens with two attached hydrogens (primary N) is 1. The number of phenolic OH excluding ortho intramolecular Hbond substituents is 1. The average Bonchev–Trinajstić information content (AvgIpc) is 2.72. The molecule has 3 rings (SSSR count). The molecule has 0 fully saturated rings. The van der Waals surface area contributed by atoms with Crippen molar-refractivity contribution in [1.29, 1.82) is 0 Å². The Bertz CT molecular complexity index is 655. The van der Waals surface area contributed by atoms with E-state index in [1.165, 1.54) is 11.1 Å². The van der Waals surface area contributed by atoms with Crippen LogP contribution < -0.4 is 5.73 Å². The van der Waals surface area contributed by atoms with E-state index in [1.807, 2.05) is 12.1 Å². The number of aromatic hydroxyl groups is 1. The smallest absolute Gasteiger partial charge is 0.257 e. The average molecular weight is 282 g/mol. The molecule has 0 aromatic heterocycles. The number of carbonyl (C=O) groups excluding carboxylic acids is 1. The summed E-state index contributed by atoms with van der Waals surface area (Å²) in [6.45, 7) is 1.31. The number of hydrogen-bond acceptors (Lipinski definition) is 3. The highest BCUT2D eigenvalue weighted by molar-refractivity contribution is 5.98. The lowest BCUT2D eigenvalue weighted by Crippen LogP contribution is -2.33. The van der Waals surface area contributed by atoms with Crippen LogP contribution in [-0.4, -0.2) is 29.0 Å². The second-order valence-electron chi connectivity index (χ2n) is 5.30. The van der Waals surface area contributed by atoms with Crippen LogP contribution in [0, 0.1) is 0 Å². The standard InChI is InChI=1S/C17H18N2O2/c18-15-7-3-6-14(16(15)20)17(21)19-10-8-12-4-1-2-5-13(12)9-11-19/h1-7,20H,8-11,18H2. The number of benzene rings is 2. The first kappa shape index (κ1) is 13.5. The number of phenols is 1. The first-order valence-corrected chi connectivity index (χ1v) is 7.10. The van der Waals surface area contributed by atoms with Crippen LogP contribution in [-0.2, 0) is 12.8 Å². The zero-order valence-corrected chi connectivity index (χ0v) is 11.7. The van der Waals surface area contributed by atoms with Gasteiger partial charge in [-0.3, -0.25) is 4.79 Å². The van der Waals surface area contributed by atoms with Crippen molar-refractivity contribution < 1.29 is 9.90 Å². The number of nitrogens with zero attached hydrogens (tertiary/aromatic N) is 1. The minimum absolute atomic E-state index is 0.121. The number of fused-ring (bicyclic) bond motifs is 1. The van der Waals surface area contributed by atoms with Gasteiger partial charge in [-0.1, -0.05) is 30.3 Å². The van der Waals surface area contributed by atoms with E-state index in [9.17, 15) is 9.90 Å². The van der Waals surface area contributed by atoms with E-state index in [2.05, 4.69) is 12.1 Å². The molecular weight excluding hydrogens is 264 g/mol. The quantitative estimate of drug-likeness (QED) is 0.622. The molecule has 21 heavy (non-hydrogen) atoms. The minimum Gasteiger partial charge on any atom is -0.505 e. The van der Waals surface area contributed by atoms with Crippen LogP contribution in [0.15, 0.2) is 42.5 Å². The summed E-state index contributed by atoms with van der Waals surface area (Å²) < 4.78 is 0. The van der Waals surface area contributed by atoms with Crippen molar-refractivity contribution in [2.75, 3.05) is 18.8 Å². The molecule has 0 bridgehead atoms. The topological polar surface area (TPSA) is 66.6 Å². The summed E-state index contributed by atoms with van der Waals surface area (Å²) in [4.78, 5) is 14.4. The van der Waals surface area contributed by atoms with Gasteiger partial charge in [0.25, 0.3) is 5.91 Å². The summed E-state index contributed by atoms with van der Waals surface area (Å²) in [6.07, 6.45) is 1.68. The number of amides is 1. The molecule has 1 aliphatic heterocycles. The number of para-hydroxylation sites is 1. The fourth-order valence-corrected chi connectivity index (χ4v) is 2.78. The maximum atomic E-state index is 12.6. The van der Waals surface area contributed by atoms with E-state index >= 15 is 0 Å². The maximum absolute atomic E-state index is 12.6. The molecule has 3 N–H and O–H groups in total. The van der Waals surface area contributed by atoms with Crippen LogP contribution in [0.1, 0.15) is 21.5 Å². The third-order valence-corrected chi connectivity index (χ3v) is 4.01. The second-order valence-corrected chi connectivity index (χ2v) is 5.30. The summed E-state index contributed by atoms with van der Waals surface area (Å²) in [5.74, 6) is -0.281. The molecule has 108 valence electrons. The number of rotatable bonds is 1. The van der Waals surface area contributed by atoms with Gasteiger partial charge >= 0.3 is 0 Å². The Kier molecular flexibility index (Phi) is 3.52. The summed E-state index contributed by atoms with van der Waals surface area (Å²) in [5.41, 5.74) is 8.77. The van der Waals surface area contributed by atoms with Crippen molar-refractivity contribution in [3.8, 4) is 5.75 Å². The Labute approximate surface area is 123 Å². The molecule has 0 spiro atoms. The van der Waals surface area contributed by atoms with Crippen molar-refractivity contribution in [3.63, 3.8) is 0 Å². The SMILES string of the molecule is Nc1cccc(C(=O)N2CCc3ccccc3CC2)c1O. The number of nitrogen functional groups attached to an aromatic ring is 1. The van der Waals surface area contributed by atoms with Gasteiger partial charge in [0.05, 0.1) is 11.3 Å². The van der Waals surface area contributed by atoms with Gasteiger partial charge in [0.1, 0.15) is 0 Å². The van der Waals surface area contributed by atoms with Crippen molar-refractivity contribution >= 4 is 11.6 Å². The first-order chi connectivity index (χ1) is 10.2.